The number of oxime groups is 1. The molecule has 0 saturated heterocycles. The summed E-state index contributed by atoms with van der Waals surface area (Å²) in [6.45, 7) is 1.76. The number of rotatable bonds is 3. The van der Waals surface area contributed by atoms with Crippen LogP contribution in [0.3, 0.4) is 0 Å². The summed E-state index contributed by atoms with van der Waals surface area (Å²) in [5, 5.41) is 11.7. The molecule has 0 radical (unpaired) electrons. The topological polar surface area (TPSA) is 80.7 Å². The molecule has 104 valence electrons. The zero-order valence-corrected chi connectivity index (χ0v) is 11.2. The number of amidine groups is 1. The summed E-state index contributed by atoms with van der Waals surface area (Å²) in [5.74, 6) is -0.240. The molecule has 0 bridgehead atoms. The van der Waals surface area contributed by atoms with Crippen LogP contribution in [0.25, 0.3) is 0 Å². The third-order valence-electron chi connectivity index (χ3n) is 2.59. The maximum absolute atomic E-state index is 13.1. The van der Waals surface area contributed by atoms with Gasteiger partial charge < -0.3 is 15.7 Å². The van der Waals surface area contributed by atoms with Gasteiger partial charge in [-0.25, -0.2) is 9.37 Å². The van der Waals surface area contributed by atoms with Crippen molar-refractivity contribution in [3.63, 3.8) is 0 Å². The summed E-state index contributed by atoms with van der Waals surface area (Å²) >= 11 is 5.68. The van der Waals surface area contributed by atoms with Crippen LogP contribution in [0.1, 0.15) is 11.1 Å². The van der Waals surface area contributed by atoms with E-state index in [0.717, 1.165) is 5.56 Å². The molecule has 0 fully saturated rings. The second kappa shape index (κ2) is 5.75. The van der Waals surface area contributed by atoms with Gasteiger partial charge in [0.2, 0.25) is 5.88 Å². The van der Waals surface area contributed by atoms with Crippen LogP contribution in [0, 0.1) is 12.7 Å². The van der Waals surface area contributed by atoms with Gasteiger partial charge in [-0.3, -0.25) is 0 Å². The number of nitrogens with zero attached hydrogens (tertiary/aromatic N) is 2. The van der Waals surface area contributed by atoms with Crippen molar-refractivity contribution in [3.8, 4) is 11.6 Å². The van der Waals surface area contributed by atoms with E-state index >= 15 is 0 Å². The first-order chi connectivity index (χ1) is 9.52. The standard InChI is InChI=1S/C13H11ClFN3O2/c1-7-4-5-17-13(11(7)12(16)18-19)20-8-2-3-10(15)9(14)6-8/h2-6,19H,1H3,(H2,16,18). The van der Waals surface area contributed by atoms with E-state index in [9.17, 15) is 4.39 Å². The minimum Gasteiger partial charge on any atom is -0.438 e. The Bertz CT molecular complexity index is 677. The molecule has 0 saturated carbocycles. The second-order valence-corrected chi connectivity index (χ2v) is 4.38. The highest BCUT2D eigenvalue weighted by atomic mass is 35.5. The number of hydrogen-bond donors (Lipinski definition) is 2. The number of pyridine rings is 1. The molecule has 0 aliphatic rings. The number of aromatic nitrogens is 1. The van der Waals surface area contributed by atoms with Gasteiger partial charge in [0, 0.05) is 12.3 Å². The zero-order valence-electron chi connectivity index (χ0n) is 10.5. The molecule has 0 unspecified atom stereocenters. The Labute approximate surface area is 119 Å². The van der Waals surface area contributed by atoms with Crippen molar-refractivity contribution in [1.82, 2.24) is 4.98 Å². The van der Waals surface area contributed by atoms with Crippen LogP contribution in [0.15, 0.2) is 35.6 Å². The molecule has 1 aromatic heterocycles. The van der Waals surface area contributed by atoms with Crippen LogP contribution in [0.5, 0.6) is 11.6 Å². The first-order valence-electron chi connectivity index (χ1n) is 5.59. The van der Waals surface area contributed by atoms with Gasteiger partial charge in [-0.2, -0.15) is 0 Å². The molecule has 2 rings (SSSR count). The number of hydrogen-bond acceptors (Lipinski definition) is 4. The monoisotopic (exact) mass is 295 g/mol. The number of ether oxygens (including phenoxy) is 1. The van der Waals surface area contributed by atoms with Crippen molar-refractivity contribution in [1.29, 1.82) is 0 Å². The molecule has 1 heterocycles. The van der Waals surface area contributed by atoms with E-state index in [2.05, 4.69) is 10.1 Å². The zero-order chi connectivity index (χ0) is 14.7. The van der Waals surface area contributed by atoms with Crippen molar-refractivity contribution in [3.05, 3.63) is 52.4 Å². The molecule has 5 nitrogen and oxygen atoms in total. The van der Waals surface area contributed by atoms with Crippen LogP contribution in [-0.4, -0.2) is 16.0 Å². The lowest BCUT2D eigenvalue weighted by atomic mass is 10.1. The molecule has 0 aliphatic heterocycles. The van der Waals surface area contributed by atoms with Gasteiger partial charge >= 0.3 is 0 Å². The minimum absolute atomic E-state index is 0.0690. The fraction of sp³-hybridized carbons (Fsp3) is 0.0769. The van der Waals surface area contributed by atoms with Crippen molar-refractivity contribution in [2.45, 2.75) is 6.92 Å². The normalized spacial score (nSPS) is 11.4. The van der Waals surface area contributed by atoms with Crippen molar-refractivity contribution >= 4 is 17.4 Å². The minimum atomic E-state index is -0.548. The maximum Gasteiger partial charge on any atom is 0.230 e. The van der Waals surface area contributed by atoms with E-state index in [-0.39, 0.29) is 16.7 Å². The smallest absolute Gasteiger partial charge is 0.230 e. The highest BCUT2D eigenvalue weighted by molar-refractivity contribution is 6.30. The third-order valence-corrected chi connectivity index (χ3v) is 2.88. The van der Waals surface area contributed by atoms with E-state index in [1.165, 1.54) is 24.4 Å². The summed E-state index contributed by atoms with van der Waals surface area (Å²) in [4.78, 5) is 4.02. The van der Waals surface area contributed by atoms with Gasteiger partial charge in [-0.15, -0.1) is 0 Å². The number of aryl methyl sites for hydroxylation is 1. The average Bonchev–Trinajstić information content (AvgIpc) is 2.42. The lowest BCUT2D eigenvalue weighted by Gasteiger charge is -2.11. The Morgan fingerprint density at radius 3 is 2.85 bits per heavy atom. The molecule has 20 heavy (non-hydrogen) atoms. The van der Waals surface area contributed by atoms with Crippen LogP contribution in [0.4, 0.5) is 4.39 Å². The lowest BCUT2D eigenvalue weighted by molar-refractivity contribution is 0.318. The molecule has 0 aliphatic carbocycles. The summed E-state index contributed by atoms with van der Waals surface area (Å²) < 4.78 is 18.6. The molecule has 3 N–H and O–H groups in total. The number of benzene rings is 1. The molecule has 0 atom stereocenters. The van der Waals surface area contributed by atoms with Crippen LogP contribution in [0.2, 0.25) is 5.02 Å². The van der Waals surface area contributed by atoms with E-state index in [1.54, 1.807) is 13.0 Å². The van der Waals surface area contributed by atoms with Gasteiger partial charge in [-0.1, -0.05) is 16.8 Å². The molecular weight excluding hydrogens is 285 g/mol. The van der Waals surface area contributed by atoms with Crippen molar-refractivity contribution in [2.24, 2.45) is 10.9 Å². The first-order valence-corrected chi connectivity index (χ1v) is 5.97. The molecule has 1 aromatic carbocycles. The quantitative estimate of drug-likeness (QED) is 0.395. The predicted molar refractivity (Wildman–Crippen MR) is 73.0 cm³/mol. The van der Waals surface area contributed by atoms with Crippen LogP contribution < -0.4 is 10.5 Å². The van der Waals surface area contributed by atoms with E-state index < -0.39 is 5.82 Å². The van der Waals surface area contributed by atoms with Crippen LogP contribution in [-0.2, 0) is 0 Å². The lowest BCUT2D eigenvalue weighted by Crippen LogP contribution is -2.16. The Hall–Kier alpha value is -2.34. The third kappa shape index (κ3) is 2.80. The molecule has 0 amide bonds. The number of halogens is 2. The average molecular weight is 296 g/mol. The highest BCUT2D eigenvalue weighted by Gasteiger charge is 2.14. The Kier molecular flexibility index (Phi) is 4.05. The van der Waals surface area contributed by atoms with Crippen molar-refractivity contribution in [2.75, 3.05) is 0 Å². The Balaban J connectivity index is 2.43. The Morgan fingerprint density at radius 1 is 1.45 bits per heavy atom. The summed E-state index contributed by atoms with van der Waals surface area (Å²) in [5.41, 5.74) is 6.68. The molecule has 2 aromatic rings. The van der Waals surface area contributed by atoms with E-state index in [4.69, 9.17) is 27.3 Å². The fourth-order valence-corrected chi connectivity index (χ4v) is 1.79. The van der Waals surface area contributed by atoms with Crippen LogP contribution >= 0.6 is 11.6 Å². The Morgan fingerprint density at radius 2 is 2.20 bits per heavy atom. The van der Waals surface area contributed by atoms with Gasteiger partial charge in [0.15, 0.2) is 5.84 Å². The maximum atomic E-state index is 13.1. The molecule has 7 heteroatoms. The SMILES string of the molecule is Cc1ccnc(Oc2ccc(F)c(Cl)c2)c1/C(N)=N/O. The molecular formula is C13H11ClFN3O2. The predicted octanol–water partition coefficient (Wildman–Crippen LogP) is 3.07. The van der Waals surface area contributed by atoms with Gasteiger partial charge in [0.25, 0.3) is 0 Å². The fourth-order valence-electron chi connectivity index (χ4n) is 1.62. The summed E-state index contributed by atoms with van der Waals surface area (Å²) in [6.07, 6.45) is 1.52. The van der Waals surface area contributed by atoms with E-state index in [1.807, 2.05) is 0 Å². The largest absolute Gasteiger partial charge is 0.438 e. The highest BCUT2D eigenvalue weighted by Crippen LogP contribution is 2.28. The molecule has 0 spiro atoms. The van der Waals surface area contributed by atoms with Gasteiger partial charge in [0.05, 0.1) is 10.6 Å². The second-order valence-electron chi connectivity index (χ2n) is 3.97. The first kappa shape index (κ1) is 14.1. The summed E-state index contributed by atoms with van der Waals surface area (Å²) in [7, 11) is 0. The summed E-state index contributed by atoms with van der Waals surface area (Å²) in [6, 6.07) is 5.59. The number of nitrogens with two attached hydrogens (primary N) is 1. The van der Waals surface area contributed by atoms with Gasteiger partial charge in [-0.05, 0) is 30.7 Å². The van der Waals surface area contributed by atoms with E-state index in [0.29, 0.717) is 11.3 Å². The van der Waals surface area contributed by atoms with Crippen molar-refractivity contribution < 1.29 is 14.3 Å². The van der Waals surface area contributed by atoms with Gasteiger partial charge in [0.1, 0.15) is 11.6 Å².